The summed E-state index contributed by atoms with van der Waals surface area (Å²) in [7, 11) is 0. The molecule has 0 saturated carbocycles. The Bertz CT molecular complexity index is 529. The molecule has 0 aromatic heterocycles. The molecule has 0 heterocycles. The molecule has 0 spiro atoms. The molecule has 0 aliphatic carbocycles. The number of benzene rings is 1. The van der Waals surface area contributed by atoms with E-state index in [0.29, 0.717) is 6.42 Å². The van der Waals surface area contributed by atoms with Crippen molar-refractivity contribution in [2.24, 2.45) is 0 Å². The van der Waals surface area contributed by atoms with E-state index in [-0.39, 0.29) is 0 Å². The fraction of sp³-hybridized carbons (Fsp3) is 0.417. The van der Waals surface area contributed by atoms with Crippen molar-refractivity contribution in [2.75, 3.05) is 5.73 Å². The van der Waals surface area contributed by atoms with Crippen molar-refractivity contribution in [3.63, 3.8) is 0 Å². The minimum Gasteiger partial charge on any atom is -0.392 e. The molecule has 19 heavy (non-hydrogen) atoms. The van der Waals surface area contributed by atoms with Crippen LogP contribution >= 0.6 is 0 Å². The third-order valence-electron chi connectivity index (χ3n) is 2.93. The zero-order valence-electron chi connectivity index (χ0n) is 11.0. The van der Waals surface area contributed by atoms with Gasteiger partial charge >= 0.3 is 0 Å². The zero-order chi connectivity index (χ0) is 14.8. The van der Waals surface area contributed by atoms with Gasteiger partial charge in [0.15, 0.2) is 0 Å². The van der Waals surface area contributed by atoms with E-state index < -0.39 is 39.1 Å². The highest BCUT2D eigenvalue weighted by Gasteiger charge is 2.27. The van der Waals surface area contributed by atoms with Crippen LogP contribution < -0.4 is 11.1 Å². The molecule has 0 bridgehead atoms. The third kappa shape index (κ3) is 3.18. The Morgan fingerprint density at radius 3 is 2.58 bits per heavy atom. The van der Waals surface area contributed by atoms with Crippen LogP contribution in [0.5, 0.6) is 0 Å². The molecule has 0 aliphatic rings. The molecule has 0 atom stereocenters. The summed E-state index contributed by atoms with van der Waals surface area (Å²) in [5.74, 6) is -1.64. The van der Waals surface area contributed by atoms with Crippen molar-refractivity contribution in [3.05, 3.63) is 33.6 Å². The molecule has 0 fully saturated rings. The Balaban J connectivity index is 3.23. The maximum absolute atomic E-state index is 13.7. The summed E-state index contributed by atoms with van der Waals surface area (Å²) in [5, 5.41) is 13.3. The lowest BCUT2D eigenvalue weighted by Gasteiger charge is -2.24. The van der Waals surface area contributed by atoms with Crippen LogP contribution in [0.3, 0.4) is 0 Å². The number of amides is 1. The van der Waals surface area contributed by atoms with Gasteiger partial charge in [0.1, 0.15) is 17.1 Å². The van der Waals surface area contributed by atoms with Gasteiger partial charge in [-0.25, -0.2) is 4.39 Å². The van der Waals surface area contributed by atoms with Crippen LogP contribution in [-0.4, -0.2) is 16.4 Å². The molecular weight excluding hydrogens is 253 g/mol. The first-order chi connectivity index (χ1) is 8.69. The SMILES string of the molecule is CCC(C)(C)NC(=O)c1c(F)ccc([N+](=O)[O-])c1N. The van der Waals surface area contributed by atoms with Crippen LogP contribution in [0.1, 0.15) is 37.6 Å². The van der Waals surface area contributed by atoms with E-state index in [1.165, 1.54) is 0 Å². The van der Waals surface area contributed by atoms with Crippen molar-refractivity contribution in [1.29, 1.82) is 0 Å². The number of rotatable bonds is 4. The van der Waals surface area contributed by atoms with Gasteiger partial charge in [-0.1, -0.05) is 6.92 Å². The number of carbonyl (C=O) groups is 1. The van der Waals surface area contributed by atoms with E-state index in [4.69, 9.17) is 5.73 Å². The molecule has 104 valence electrons. The number of nitrogens with two attached hydrogens (primary N) is 1. The van der Waals surface area contributed by atoms with Crippen molar-refractivity contribution in [2.45, 2.75) is 32.7 Å². The largest absolute Gasteiger partial charge is 0.392 e. The van der Waals surface area contributed by atoms with Crippen molar-refractivity contribution in [3.8, 4) is 0 Å². The maximum atomic E-state index is 13.7. The summed E-state index contributed by atoms with van der Waals surface area (Å²) in [6.07, 6.45) is 0.620. The number of nitrogens with zero attached hydrogens (tertiary/aromatic N) is 1. The molecule has 1 rings (SSSR count). The average molecular weight is 269 g/mol. The molecule has 0 unspecified atom stereocenters. The van der Waals surface area contributed by atoms with Crippen LogP contribution in [0.25, 0.3) is 0 Å². The van der Waals surface area contributed by atoms with Gasteiger partial charge in [0, 0.05) is 11.6 Å². The van der Waals surface area contributed by atoms with Gasteiger partial charge in [-0.3, -0.25) is 14.9 Å². The standard InChI is InChI=1S/C12H16FN3O3/c1-4-12(2,3)15-11(17)9-7(13)5-6-8(10(9)14)16(18)19/h5-6H,4,14H2,1-3H3,(H,15,17). The minimum atomic E-state index is -0.882. The van der Waals surface area contributed by atoms with Crippen LogP contribution in [0, 0.1) is 15.9 Å². The van der Waals surface area contributed by atoms with Gasteiger partial charge in [-0.2, -0.15) is 0 Å². The molecular formula is C12H16FN3O3. The van der Waals surface area contributed by atoms with Crippen LogP contribution in [-0.2, 0) is 0 Å². The Hall–Kier alpha value is -2.18. The van der Waals surface area contributed by atoms with Crippen LogP contribution in [0.2, 0.25) is 0 Å². The van der Waals surface area contributed by atoms with Crippen LogP contribution in [0.15, 0.2) is 12.1 Å². The highest BCUT2D eigenvalue weighted by Crippen LogP contribution is 2.27. The van der Waals surface area contributed by atoms with Gasteiger partial charge in [0.25, 0.3) is 11.6 Å². The number of nitro groups is 1. The summed E-state index contributed by atoms with van der Waals surface area (Å²) in [6.45, 7) is 5.38. The number of nitrogens with one attached hydrogen (secondary N) is 1. The lowest BCUT2D eigenvalue weighted by molar-refractivity contribution is -0.384. The highest BCUT2D eigenvalue weighted by molar-refractivity contribution is 6.01. The fourth-order valence-corrected chi connectivity index (χ4v) is 1.43. The van der Waals surface area contributed by atoms with Crippen molar-refractivity contribution < 1.29 is 14.1 Å². The molecule has 0 radical (unpaired) electrons. The van der Waals surface area contributed by atoms with Gasteiger partial charge < -0.3 is 11.1 Å². The Morgan fingerprint density at radius 2 is 2.11 bits per heavy atom. The van der Waals surface area contributed by atoms with Crippen molar-refractivity contribution in [1.82, 2.24) is 5.32 Å². The lowest BCUT2D eigenvalue weighted by atomic mass is 10.0. The predicted octanol–water partition coefficient (Wildman–Crippen LogP) is 2.23. The summed E-state index contributed by atoms with van der Waals surface area (Å²) in [6, 6.07) is 1.80. The topological polar surface area (TPSA) is 98.3 Å². The van der Waals surface area contributed by atoms with E-state index in [1.54, 1.807) is 13.8 Å². The van der Waals surface area contributed by atoms with E-state index >= 15 is 0 Å². The Morgan fingerprint density at radius 1 is 1.53 bits per heavy atom. The number of halogens is 1. The first-order valence-electron chi connectivity index (χ1n) is 5.74. The van der Waals surface area contributed by atoms with E-state index in [0.717, 1.165) is 12.1 Å². The fourth-order valence-electron chi connectivity index (χ4n) is 1.43. The maximum Gasteiger partial charge on any atom is 0.293 e. The molecule has 1 aromatic rings. The minimum absolute atomic E-state index is 0.464. The normalized spacial score (nSPS) is 11.2. The number of hydrogen-bond acceptors (Lipinski definition) is 4. The number of nitrogen functional groups attached to an aromatic ring is 1. The van der Waals surface area contributed by atoms with Gasteiger partial charge in [0.05, 0.1) is 4.92 Å². The first-order valence-corrected chi connectivity index (χ1v) is 5.74. The quantitative estimate of drug-likeness (QED) is 0.497. The van der Waals surface area contributed by atoms with E-state index in [2.05, 4.69) is 5.32 Å². The zero-order valence-corrected chi connectivity index (χ0v) is 11.0. The Labute approximate surface area is 109 Å². The molecule has 7 heteroatoms. The molecule has 1 amide bonds. The third-order valence-corrected chi connectivity index (χ3v) is 2.93. The molecule has 0 aliphatic heterocycles. The second-order valence-electron chi connectivity index (χ2n) is 4.80. The van der Waals surface area contributed by atoms with E-state index in [9.17, 15) is 19.3 Å². The molecule has 6 nitrogen and oxygen atoms in total. The number of anilines is 1. The lowest BCUT2D eigenvalue weighted by Crippen LogP contribution is -2.43. The summed E-state index contributed by atoms with van der Waals surface area (Å²) in [4.78, 5) is 21.9. The monoisotopic (exact) mass is 269 g/mol. The molecule has 0 saturated heterocycles. The van der Waals surface area contributed by atoms with E-state index in [1.807, 2.05) is 6.92 Å². The second kappa shape index (κ2) is 5.21. The van der Waals surface area contributed by atoms with Gasteiger partial charge in [-0.15, -0.1) is 0 Å². The number of nitro benzene ring substituents is 1. The Kier molecular flexibility index (Phi) is 4.08. The smallest absolute Gasteiger partial charge is 0.293 e. The first kappa shape index (κ1) is 14.9. The molecule has 3 N–H and O–H groups in total. The highest BCUT2D eigenvalue weighted by atomic mass is 19.1. The van der Waals surface area contributed by atoms with Gasteiger partial charge in [0.2, 0.25) is 0 Å². The number of carbonyl (C=O) groups excluding carboxylic acids is 1. The second-order valence-corrected chi connectivity index (χ2v) is 4.80. The van der Waals surface area contributed by atoms with Crippen LogP contribution in [0.4, 0.5) is 15.8 Å². The summed E-state index contributed by atoms with van der Waals surface area (Å²) in [5.41, 5.74) is 3.51. The van der Waals surface area contributed by atoms with Crippen molar-refractivity contribution >= 4 is 17.3 Å². The number of hydrogen-bond donors (Lipinski definition) is 2. The molecule has 1 aromatic carbocycles. The summed E-state index contributed by atoms with van der Waals surface area (Å²) < 4.78 is 13.7. The average Bonchev–Trinajstić information content (AvgIpc) is 2.27. The summed E-state index contributed by atoms with van der Waals surface area (Å²) >= 11 is 0. The van der Waals surface area contributed by atoms with Gasteiger partial charge in [-0.05, 0) is 26.3 Å². The predicted molar refractivity (Wildman–Crippen MR) is 69.3 cm³/mol.